The van der Waals surface area contributed by atoms with E-state index < -0.39 is 0 Å². The van der Waals surface area contributed by atoms with Gasteiger partial charge in [-0.15, -0.1) is 0 Å². The van der Waals surface area contributed by atoms with Crippen LogP contribution < -0.4 is 9.80 Å². The van der Waals surface area contributed by atoms with Crippen LogP contribution >= 0.6 is 0 Å². The zero-order valence-corrected chi connectivity index (χ0v) is 24.6. The highest BCUT2D eigenvalue weighted by Gasteiger charge is 2.31. The van der Waals surface area contributed by atoms with E-state index in [9.17, 15) is 4.79 Å². The van der Waals surface area contributed by atoms with E-state index in [0.29, 0.717) is 0 Å². The fourth-order valence-corrected chi connectivity index (χ4v) is 5.59. The number of hydrogen-bond donors (Lipinski definition) is 0. The predicted octanol–water partition coefficient (Wildman–Crippen LogP) is 8.37. The van der Waals surface area contributed by atoms with Crippen molar-refractivity contribution in [3.8, 4) is 0 Å². The van der Waals surface area contributed by atoms with Crippen molar-refractivity contribution in [1.82, 2.24) is 0 Å². The van der Waals surface area contributed by atoms with Gasteiger partial charge in [0.1, 0.15) is 0 Å². The third kappa shape index (κ3) is 5.88. The van der Waals surface area contributed by atoms with Gasteiger partial charge in [0.2, 0.25) is 0 Å². The Morgan fingerprint density at radius 3 is 1.68 bits per heavy atom. The molecule has 2 aliphatic heterocycles. The van der Waals surface area contributed by atoms with Crippen LogP contribution in [0.1, 0.15) is 87.0 Å². The van der Waals surface area contributed by atoms with Gasteiger partial charge in [-0.05, 0) is 77.5 Å². The smallest absolute Gasteiger partial charge is 0.159 e. The first-order valence-corrected chi connectivity index (χ1v) is 13.8. The lowest BCUT2D eigenvalue weighted by Crippen LogP contribution is -2.34. The maximum atomic E-state index is 11.4. The summed E-state index contributed by atoms with van der Waals surface area (Å²) in [4.78, 5) is 16.0. The number of ketones is 1. The van der Waals surface area contributed by atoms with Crippen molar-refractivity contribution < 1.29 is 4.79 Å². The van der Waals surface area contributed by atoms with Gasteiger partial charge in [-0.2, -0.15) is 0 Å². The van der Waals surface area contributed by atoms with Crippen LogP contribution in [0.4, 0.5) is 11.4 Å². The number of benzene rings is 3. The molecular formula is C35H44N2O. The summed E-state index contributed by atoms with van der Waals surface area (Å²) in [5.74, 6) is 0.138. The number of hydrogen-bond acceptors (Lipinski definition) is 3. The minimum absolute atomic E-state index is 0.138. The molecule has 0 fully saturated rings. The summed E-state index contributed by atoms with van der Waals surface area (Å²) < 4.78 is 0. The highest BCUT2D eigenvalue weighted by Crippen LogP contribution is 2.41. The van der Waals surface area contributed by atoms with Gasteiger partial charge >= 0.3 is 0 Å². The first-order valence-electron chi connectivity index (χ1n) is 13.8. The van der Waals surface area contributed by atoms with Gasteiger partial charge in [0.15, 0.2) is 5.78 Å². The number of anilines is 2. The Hall–Kier alpha value is -3.33. The van der Waals surface area contributed by atoms with Gasteiger partial charge in [0, 0.05) is 44.1 Å². The second-order valence-corrected chi connectivity index (χ2v) is 12.4. The fraction of sp³-hybridized carbons (Fsp3) is 0.400. The van der Waals surface area contributed by atoms with Gasteiger partial charge in [-0.25, -0.2) is 0 Å². The molecule has 38 heavy (non-hydrogen) atoms. The average molecular weight is 509 g/mol. The monoisotopic (exact) mass is 508 g/mol. The molecule has 3 heteroatoms. The largest absolute Gasteiger partial charge is 0.374 e. The van der Waals surface area contributed by atoms with Crippen LogP contribution in [0.15, 0.2) is 66.7 Å². The molecule has 3 aromatic rings. The quantitative estimate of drug-likeness (QED) is 0.262. The van der Waals surface area contributed by atoms with E-state index in [1.165, 1.54) is 45.6 Å². The molecule has 0 aromatic heterocycles. The number of fused-ring (bicyclic) bond motifs is 2. The van der Waals surface area contributed by atoms with E-state index in [4.69, 9.17) is 0 Å². The maximum Gasteiger partial charge on any atom is 0.159 e. The van der Waals surface area contributed by atoms with Crippen molar-refractivity contribution in [2.75, 3.05) is 37.0 Å². The summed E-state index contributed by atoms with van der Waals surface area (Å²) in [6.45, 7) is 15.2. The van der Waals surface area contributed by atoms with E-state index >= 15 is 0 Å². The Morgan fingerprint density at radius 2 is 1.18 bits per heavy atom. The molecule has 3 aromatic carbocycles. The standard InChI is InChI=1S/C21H25N.C14H19NO/c1-16(14-17-8-6-5-7-9-17)18-10-11-19-20(15-18)22(4)13-12-21(19,2)3;1-10(16)11-5-6-12-13(9-11)15(4)8-7-14(12,2)3/h5-11,14-15H,12-13H2,1-4H3;5-6,9H,7-8H2,1-4H3/b16-14+;. The van der Waals surface area contributed by atoms with Crippen LogP contribution in [0.2, 0.25) is 0 Å². The first-order chi connectivity index (χ1) is 17.9. The van der Waals surface area contributed by atoms with Crippen molar-refractivity contribution in [1.29, 1.82) is 0 Å². The summed E-state index contributed by atoms with van der Waals surface area (Å²) in [5.41, 5.74) is 10.6. The normalized spacial score (nSPS) is 17.6. The van der Waals surface area contributed by atoms with Crippen molar-refractivity contribution >= 4 is 28.8 Å². The lowest BCUT2D eigenvalue weighted by atomic mass is 9.77. The Balaban J connectivity index is 0.000000186. The molecule has 0 atom stereocenters. The van der Waals surface area contributed by atoms with Crippen LogP contribution in [0, 0.1) is 0 Å². The predicted molar refractivity (Wildman–Crippen MR) is 165 cm³/mol. The molecule has 0 saturated carbocycles. The number of carbonyl (C=O) groups is 1. The summed E-state index contributed by atoms with van der Waals surface area (Å²) >= 11 is 0. The Bertz CT molecular complexity index is 1330. The molecule has 0 aliphatic carbocycles. The number of nitrogens with zero attached hydrogens (tertiary/aromatic N) is 2. The average Bonchev–Trinajstić information content (AvgIpc) is 2.89. The van der Waals surface area contributed by atoms with E-state index in [-0.39, 0.29) is 16.6 Å². The van der Waals surface area contributed by atoms with Crippen molar-refractivity contribution in [2.24, 2.45) is 0 Å². The van der Waals surface area contributed by atoms with E-state index in [0.717, 1.165) is 25.1 Å². The summed E-state index contributed by atoms with van der Waals surface area (Å²) in [7, 11) is 4.30. The molecule has 2 heterocycles. The van der Waals surface area contributed by atoms with Gasteiger partial charge in [-0.1, -0.05) is 88.4 Å². The molecule has 0 spiro atoms. The fourth-order valence-electron chi connectivity index (χ4n) is 5.59. The molecule has 200 valence electrons. The molecule has 2 aliphatic rings. The third-order valence-electron chi connectivity index (χ3n) is 8.47. The number of Topliss-reactive ketones (excluding diaryl/α,β-unsaturated/α-hetero) is 1. The summed E-state index contributed by atoms with van der Waals surface area (Å²) in [5, 5.41) is 0. The van der Waals surface area contributed by atoms with Crippen molar-refractivity contribution in [2.45, 2.75) is 65.2 Å². The van der Waals surface area contributed by atoms with Gasteiger partial charge in [-0.3, -0.25) is 4.79 Å². The second-order valence-electron chi connectivity index (χ2n) is 12.4. The molecule has 3 nitrogen and oxygen atoms in total. The molecule has 0 bridgehead atoms. The topological polar surface area (TPSA) is 23.6 Å². The van der Waals surface area contributed by atoms with Crippen molar-refractivity contribution in [3.05, 3.63) is 94.5 Å². The Kier molecular flexibility index (Phi) is 7.88. The van der Waals surface area contributed by atoms with Gasteiger partial charge in [0.25, 0.3) is 0 Å². The van der Waals surface area contributed by atoms with Crippen LogP contribution in [-0.4, -0.2) is 33.0 Å². The highest BCUT2D eigenvalue weighted by atomic mass is 16.1. The van der Waals surface area contributed by atoms with Crippen LogP contribution in [0.5, 0.6) is 0 Å². The van der Waals surface area contributed by atoms with E-state index in [1.54, 1.807) is 6.92 Å². The number of rotatable bonds is 3. The molecular weight excluding hydrogens is 464 g/mol. The zero-order chi connectivity index (χ0) is 27.7. The molecule has 0 radical (unpaired) electrons. The first kappa shape index (κ1) is 27.7. The summed E-state index contributed by atoms with van der Waals surface area (Å²) in [6, 6.07) is 23.6. The molecule has 0 N–H and O–H groups in total. The van der Waals surface area contributed by atoms with E-state index in [2.05, 4.69) is 119 Å². The minimum Gasteiger partial charge on any atom is -0.374 e. The number of carbonyl (C=O) groups excluding carboxylic acids is 1. The summed E-state index contributed by atoms with van der Waals surface area (Å²) in [6.07, 6.45) is 4.64. The SMILES string of the molecule is C/C(=C\c1ccccc1)c1ccc2c(c1)N(C)CCC2(C)C.CC(=O)c1ccc2c(c1)N(C)CCC2(C)C. The van der Waals surface area contributed by atoms with E-state index in [1.807, 2.05) is 12.1 Å². The zero-order valence-electron chi connectivity index (χ0n) is 24.6. The molecule has 0 saturated heterocycles. The second kappa shape index (κ2) is 10.8. The third-order valence-corrected chi connectivity index (χ3v) is 8.47. The lowest BCUT2D eigenvalue weighted by molar-refractivity contribution is 0.101. The van der Waals surface area contributed by atoms with Crippen molar-refractivity contribution in [3.63, 3.8) is 0 Å². The lowest BCUT2D eigenvalue weighted by Gasteiger charge is -2.38. The maximum absolute atomic E-state index is 11.4. The minimum atomic E-state index is 0.138. The van der Waals surface area contributed by atoms with Gasteiger partial charge in [0.05, 0.1) is 0 Å². The Labute approximate surface area is 230 Å². The molecule has 0 unspecified atom stereocenters. The highest BCUT2D eigenvalue weighted by molar-refractivity contribution is 5.95. The molecule has 5 rings (SSSR count). The van der Waals surface area contributed by atoms with Gasteiger partial charge < -0.3 is 9.80 Å². The number of allylic oxidation sites excluding steroid dienone is 1. The Morgan fingerprint density at radius 1 is 0.711 bits per heavy atom. The molecule has 0 amide bonds. The van der Waals surface area contributed by atoms with Crippen LogP contribution in [0.25, 0.3) is 11.6 Å². The van der Waals surface area contributed by atoms with Crippen LogP contribution in [0.3, 0.4) is 0 Å². The van der Waals surface area contributed by atoms with Crippen LogP contribution in [-0.2, 0) is 10.8 Å².